The van der Waals surface area contributed by atoms with Gasteiger partial charge in [0.15, 0.2) is 0 Å². The molecule has 1 aromatic rings. The van der Waals surface area contributed by atoms with Gasteiger partial charge in [-0.25, -0.2) is 0 Å². The number of nitrogens with one attached hydrogen (secondary N) is 1. The Morgan fingerprint density at radius 2 is 2.14 bits per heavy atom. The average Bonchev–Trinajstić information content (AvgIpc) is 2.83. The molecule has 1 aromatic heterocycles. The Morgan fingerprint density at radius 3 is 2.76 bits per heavy atom. The predicted octanol–water partition coefficient (Wildman–Crippen LogP) is 1.37. The number of nitrogens with zero attached hydrogens (tertiary/aromatic N) is 2. The standard InChI is InChI=1S/C16H26N4O/c1-20-10-11(9-18-20)5-6-15(21)19-16-12-3-2-4-13(16)8-14(17)7-12/h9-10,12-14,16H,2-8,17H2,1H3,(H,19,21). The number of fused-ring (bicyclic) bond motifs is 2. The Labute approximate surface area is 126 Å². The van der Waals surface area contributed by atoms with E-state index in [-0.39, 0.29) is 5.91 Å². The fourth-order valence-electron chi connectivity index (χ4n) is 4.14. The highest BCUT2D eigenvalue weighted by molar-refractivity contribution is 5.76. The molecule has 5 heteroatoms. The molecule has 21 heavy (non-hydrogen) atoms. The van der Waals surface area contributed by atoms with E-state index in [4.69, 9.17) is 5.73 Å². The lowest BCUT2D eigenvalue weighted by Gasteiger charge is -2.45. The molecule has 2 unspecified atom stereocenters. The number of carbonyl (C=O) groups is 1. The SMILES string of the molecule is Cn1cc(CCC(=O)NC2C3CCCC2CC(N)C3)cn1. The Kier molecular flexibility index (Phi) is 4.29. The first-order valence-corrected chi connectivity index (χ1v) is 8.14. The van der Waals surface area contributed by atoms with Gasteiger partial charge < -0.3 is 11.1 Å². The quantitative estimate of drug-likeness (QED) is 0.880. The van der Waals surface area contributed by atoms with Crippen molar-refractivity contribution in [2.24, 2.45) is 24.6 Å². The average molecular weight is 290 g/mol. The Morgan fingerprint density at radius 1 is 1.43 bits per heavy atom. The second-order valence-corrected chi connectivity index (χ2v) is 6.80. The number of hydrogen-bond donors (Lipinski definition) is 2. The molecular formula is C16H26N4O. The molecule has 3 N–H and O–H groups in total. The van der Waals surface area contributed by atoms with Gasteiger partial charge in [0.2, 0.25) is 5.91 Å². The molecule has 0 aliphatic heterocycles. The summed E-state index contributed by atoms with van der Waals surface area (Å²) in [5, 5.41) is 7.43. The first-order chi connectivity index (χ1) is 10.1. The lowest BCUT2D eigenvalue weighted by Crippen LogP contribution is -2.53. The lowest BCUT2D eigenvalue weighted by molar-refractivity contribution is -0.123. The van der Waals surface area contributed by atoms with Crippen LogP contribution in [0.25, 0.3) is 0 Å². The molecule has 2 aliphatic rings. The molecule has 2 bridgehead atoms. The van der Waals surface area contributed by atoms with Gasteiger partial charge in [-0.05, 0) is 49.5 Å². The second kappa shape index (κ2) is 6.18. The normalized spacial score (nSPS) is 31.9. The molecule has 0 saturated heterocycles. The van der Waals surface area contributed by atoms with E-state index < -0.39 is 0 Å². The molecule has 1 heterocycles. The molecular weight excluding hydrogens is 264 g/mol. The number of carbonyl (C=O) groups excluding carboxylic acids is 1. The van der Waals surface area contributed by atoms with Crippen LogP contribution in [0.5, 0.6) is 0 Å². The van der Waals surface area contributed by atoms with Gasteiger partial charge in [-0.1, -0.05) is 6.42 Å². The van der Waals surface area contributed by atoms with Crippen molar-refractivity contribution in [3.8, 4) is 0 Å². The summed E-state index contributed by atoms with van der Waals surface area (Å²) >= 11 is 0. The summed E-state index contributed by atoms with van der Waals surface area (Å²) in [4.78, 5) is 12.2. The molecule has 2 atom stereocenters. The van der Waals surface area contributed by atoms with Crippen LogP contribution in [0.15, 0.2) is 12.4 Å². The third-order valence-corrected chi connectivity index (χ3v) is 5.10. The minimum Gasteiger partial charge on any atom is -0.353 e. The molecule has 3 rings (SSSR count). The number of nitrogens with two attached hydrogens (primary N) is 1. The van der Waals surface area contributed by atoms with Crippen molar-refractivity contribution in [3.05, 3.63) is 18.0 Å². The highest BCUT2D eigenvalue weighted by Gasteiger charge is 2.39. The van der Waals surface area contributed by atoms with Crippen molar-refractivity contribution in [1.29, 1.82) is 0 Å². The van der Waals surface area contributed by atoms with E-state index in [9.17, 15) is 4.79 Å². The molecule has 0 spiro atoms. The number of amides is 1. The maximum absolute atomic E-state index is 12.2. The second-order valence-electron chi connectivity index (χ2n) is 6.80. The van der Waals surface area contributed by atoms with E-state index in [1.54, 1.807) is 4.68 Å². The van der Waals surface area contributed by atoms with Gasteiger partial charge >= 0.3 is 0 Å². The third kappa shape index (κ3) is 3.46. The highest BCUT2D eigenvalue weighted by atomic mass is 16.1. The summed E-state index contributed by atoms with van der Waals surface area (Å²) in [6.45, 7) is 0. The zero-order valence-electron chi connectivity index (χ0n) is 12.8. The van der Waals surface area contributed by atoms with Gasteiger partial charge in [-0.15, -0.1) is 0 Å². The summed E-state index contributed by atoms with van der Waals surface area (Å²) in [7, 11) is 1.90. The maximum Gasteiger partial charge on any atom is 0.220 e. The van der Waals surface area contributed by atoms with Crippen LogP contribution in [0, 0.1) is 11.8 Å². The molecule has 0 aromatic carbocycles. The molecule has 0 radical (unpaired) electrons. The Bertz CT molecular complexity index is 484. The minimum atomic E-state index is 0.177. The van der Waals surface area contributed by atoms with Crippen LogP contribution in [0.3, 0.4) is 0 Å². The fraction of sp³-hybridized carbons (Fsp3) is 0.750. The van der Waals surface area contributed by atoms with Gasteiger partial charge in [-0.3, -0.25) is 9.48 Å². The number of aromatic nitrogens is 2. The smallest absolute Gasteiger partial charge is 0.220 e. The van der Waals surface area contributed by atoms with Crippen LogP contribution in [0.2, 0.25) is 0 Å². The third-order valence-electron chi connectivity index (χ3n) is 5.10. The van der Waals surface area contributed by atoms with Gasteiger partial charge in [0.1, 0.15) is 0 Å². The highest BCUT2D eigenvalue weighted by Crippen LogP contribution is 2.39. The summed E-state index contributed by atoms with van der Waals surface area (Å²) in [5.41, 5.74) is 7.26. The van der Waals surface area contributed by atoms with E-state index in [1.165, 1.54) is 19.3 Å². The van der Waals surface area contributed by atoms with Crippen molar-refractivity contribution < 1.29 is 4.79 Å². The van der Waals surface area contributed by atoms with Crippen molar-refractivity contribution in [3.63, 3.8) is 0 Å². The first kappa shape index (κ1) is 14.6. The van der Waals surface area contributed by atoms with E-state index in [2.05, 4.69) is 10.4 Å². The summed E-state index contributed by atoms with van der Waals surface area (Å²) in [6, 6.07) is 0.698. The van der Waals surface area contributed by atoms with Gasteiger partial charge in [0.25, 0.3) is 0 Å². The molecule has 1 amide bonds. The van der Waals surface area contributed by atoms with Crippen LogP contribution in [-0.2, 0) is 18.3 Å². The van der Waals surface area contributed by atoms with Crippen LogP contribution < -0.4 is 11.1 Å². The van der Waals surface area contributed by atoms with Crippen molar-refractivity contribution in [1.82, 2.24) is 15.1 Å². The molecule has 5 nitrogen and oxygen atoms in total. The van der Waals surface area contributed by atoms with E-state index in [0.29, 0.717) is 30.3 Å². The first-order valence-electron chi connectivity index (χ1n) is 8.14. The molecule has 116 valence electrons. The van der Waals surface area contributed by atoms with E-state index in [1.807, 2.05) is 19.4 Å². The predicted molar refractivity (Wildman–Crippen MR) is 81.5 cm³/mol. The summed E-state index contributed by atoms with van der Waals surface area (Å²) in [5.74, 6) is 1.36. The maximum atomic E-state index is 12.2. The van der Waals surface area contributed by atoms with Crippen molar-refractivity contribution in [2.45, 2.75) is 57.0 Å². The molecule has 2 saturated carbocycles. The van der Waals surface area contributed by atoms with E-state index >= 15 is 0 Å². The molecule has 2 fully saturated rings. The molecule has 2 aliphatic carbocycles. The van der Waals surface area contributed by atoms with Crippen molar-refractivity contribution >= 4 is 5.91 Å². The Hall–Kier alpha value is -1.36. The number of hydrogen-bond acceptors (Lipinski definition) is 3. The summed E-state index contributed by atoms with van der Waals surface area (Å²) < 4.78 is 1.78. The van der Waals surface area contributed by atoms with Crippen molar-refractivity contribution in [2.75, 3.05) is 0 Å². The minimum absolute atomic E-state index is 0.177. The van der Waals surface area contributed by atoms with Crippen LogP contribution >= 0.6 is 0 Å². The number of rotatable bonds is 4. The fourth-order valence-corrected chi connectivity index (χ4v) is 4.14. The zero-order valence-corrected chi connectivity index (χ0v) is 12.8. The topological polar surface area (TPSA) is 72.9 Å². The summed E-state index contributed by atoms with van der Waals surface area (Å²) in [6.07, 6.45) is 11.0. The number of aryl methyl sites for hydroxylation is 2. The zero-order chi connectivity index (χ0) is 14.8. The van der Waals surface area contributed by atoms with Crippen LogP contribution in [0.1, 0.15) is 44.1 Å². The van der Waals surface area contributed by atoms with Crippen LogP contribution in [-0.4, -0.2) is 27.8 Å². The van der Waals surface area contributed by atoms with Gasteiger partial charge in [-0.2, -0.15) is 5.10 Å². The largest absolute Gasteiger partial charge is 0.353 e. The van der Waals surface area contributed by atoms with Crippen LogP contribution in [0.4, 0.5) is 0 Å². The van der Waals surface area contributed by atoms with Gasteiger partial charge in [0.05, 0.1) is 6.20 Å². The lowest BCUT2D eigenvalue weighted by atomic mass is 9.67. The monoisotopic (exact) mass is 290 g/mol. The Balaban J connectivity index is 1.52. The van der Waals surface area contributed by atoms with E-state index in [0.717, 1.165) is 24.8 Å². The van der Waals surface area contributed by atoms with Gasteiger partial charge in [0, 0.05) is 31.7 Å².